The summed E-state index contributed by atoms with van der Waals surface area (Å²) in [5, 5.41) is 11.9. The lowest BCUT2D eigenvalue weighted by Gasteiger charge is -2.25. The van der Waals surface area contributed by atoms with E-state index in [0.717, 1.165) is 30.4 Å². The summed E-state index contributed by atoms with van der Waals surface area (Å²) in [6, 6.07) is 6.32. The summed E-state index contributed by atoms with van der Waals surface area (Å²) in [5.74, 6) is 1.84. The number of hydrogen-bond acceptors (Lipinski definition) is 4. The van der Waals surface area contributed by atoms with Crippen molar-refractivity contribution < 1.29 is 0 Å². The molecule has 3 rings (SSSR count). The molecule has 5 heteroatoms. The summed E-state index contributed by atoms with van der Waals surface area (Å²) in [7, 11) is 0. The number of nitrogens with zero attached hydrogens (tertiary/aromatic N) is 4. The normalized spacial score (nSPS) is 19.9. The maximum Gasteiger partial charge on any atom is 0.182 e. The lowest BCUT2D eigenvalue weighted by atomic mass is 10.1. The molecule has 1 unspecified atom stereocenters. The number of aryl methyl sites for hydroxylation is 1. The van der Waals surface area contributed by atoms with Crippen molar-refractivity contribution in [2.24, 2.45) is 0 Å². The van der Waals surface area contributed by atoms with Gasteiger partial charge in [-0.05, 0) is 38.4 Å². The van der Waals surface area contributed by atoms with Gasteiger partial charge in [-0.2, -0.15) is 0 Å². The van der Waals surface area contributed by atoms with Gasteiger partial charge < -0.3 is 9.88 Å². The van der Waals surface area contributed by atoms with Crippen molar-refractivity contribution in [1.29, 1.82) is 0 Å². The average molecular weight is 243 g/mol. The highest BCUT2D eigenvalue weighted by atomic mass is 15.3. The second-order valence-electron chi connectivity index (χ2n) is 4.66. The van der Waals surface area contributed by atoms with Gasteiger partial charge in [-0.1, -0.05) is 6.07 Å². The summed E-state index contributed by atoms with van der Waals surface area (Å²) < 4.78 is 2.22. The van der Waals surface area contributed by atoms with Crippen LogP contribution >= 0.6 is 0 Å². The van der Waals surface area contributed by atoms with E-state index in [9.17, 15) is 0 Å². The predicted octanol–water partition coefficient (Wildman–Crippen LogP) is 1.57. The van der Waals surface area contributed by atoms with Crippen molar-refractivity contribution in [2.75, 3.05) is 13.1 Å². The summed E-state index contributed by atoms with van der Waals surface area (Å²) in [4.78, 5) is 4.37. The van der Waals surface area contributed by atoms with Crippen LogP contribution in [0.5, 0.6) is 0 Å². The molecule has 1 aliphatic rings. The molecule has 5 nitrogen and oxygen atoms in total. The molecule has 0 aromatic carbocycles. The van der Waals surface area contributed by atoms with Crippen LogP contribution in [0.15, 0.2) is 24.4 Å². The predicted molar refractivity (Wildman–Crippen MR) is 69.1 cm³/mol. The van der Waals surface area contributed by atoms with Crippen LogP contribution in [0.25, 0.3) is 11.5 Å². The monoisotopic (exact) mass is 243 g/mol. The Morgan fingerprint density at radius 1 is 1.33 bits per heavy atom. The molecule has 1 aliphatic heterocycles. The summed E-state index contributed by atoms with van der Waals surface area (Å²) in [6.45, 7) is 4.10. The van der Waals surface area contributed by atoms with E-state index >= 15 is 0 Å². The van der Waals surface area contributed by atoms with Crippen LogP contribution < -0.4 is 5.32 Å². The van der Waals surface area contributed by atoms with Gasteiger partial charge in [0.25, 0.3) is 0 Å². The minimum atomic E-state index is 0.436. The van der Waals surface area contributed by atoms with Gasteiger partial charge in [-0.15, -0.1) is 10.2 Å². The Morgan fingerprint density at radius 3 is 3.00 bits per heavy atom. The molecule has 0 amide bonds. The molecule has 1 fully saturated rings. The Hall–Kier alpha value is -1.75. The Balaban J connectivity index is 2.01. The quantitative estimate of drug-likeness (QED) is 0.870. The number of hydrogen-bond donors (Lipinski definition) is 1. The maximum absolute atomic E-state index is 4.37. The van der Waals surface area contributed by atoms with Crippen LogP contribution in [0, 0.1) is 6.92 Å². The van der Waals surface area contributed by atoms with Crippen molar-refractivity contribution in [3.63, 3.8) is 0 Å². The molecule has 1 N–H and O–H groups in total. The minimum Gasteiger partial charge on any atom is -0.315 e. The molecule has 2 aromatic heterocycles. The second-order valence-corrected chi connectivity index (χ2v) is 4.66. The molecule has 1 atom stereocenters. The number of rotatable bonds is 2. The zero-order chi connectivity index (χ0) is 12.4. The topological polar surface area (TPSA) is 55.6 Å². The Kier molecular flexibility index (Phi) is 3.06. The van der Waals surface area contributed by atoms with E-state index in [1.165, 1.54) is 12.8 Å². The largest absolute Gasteiger partial charge is 0.315 e. The van der Waals surface area contributed by atoms with Crippen LogP contribution in [0.3, 0.4) is 0 Å². The highest BCUT2D eigenvalue weighted by Crippen LogP contribution is 2.24. The highest BCUT2D eigenvalue weighted by Gasteiger charge is 2.21. The molecule has 0 bridgehead atoms. The first kappa shape index (κ1) is 11.3. The van der Waals surface area contributed by atoms with Crippen LogP contribution in [0.2, 0.25) is 0 Å². The van der Waals surface area contributed by atoms with Gasteiger partial charge in [0.05, 0.1) is 0 Å². The first-order chi connectivity index (χ1) is 8.86. The molecule has 0 spiro atoms. The molecule has 18 heavy (non-hydrogen) atoms. The van der Waals surface area contributed by atoms with Gasteiger partial charge in [0.1, 0.15) is 11.5 Å². The van der Waals surface area contributed by atoms with Gasteiger partial charge in [-0.3, -0.25) is 4.98 Å². The maximum atomic E-state index is 4.37. The molecular formula is C13H17N5. The van der Waals surface area contributed by atoms with Gasteiger partial charge in [0.2, 0.25) is 0 Å². The average Bonchev–Trinajstić information content (AvgIpc) is 2.83. The van der Waals surface area contributed by atoms with Crippen LogP contribution in [0.4, 0.5) is 0 Å². The molecule has 0 radical (unpaired) electrons. The SMILES string of the molecule is Cc1nnc(-c2ccccn2)n1C1CCCNC1. The number of pyridine rings is 1. The van der Waals surface area contributed by atoms with E-state index in [1.807, 2.05) is 25.1 Å². The minimum absolute atomic E-state index is 0.436. The van der Waals surface area contributed by atoms with Crippen LogP contribution in [-0.4, -0.2) is 32.8 Å². The van der Waals surface area contributed by atoms with Gasteiger partial charge in [0, 0.05) is 18.8 Å². The number of nitrogens with one attached hydrogen (secondary N) is 1. The Labute approximate surface area is 106 Å². The summed E-state index contributed by atoms with van der Waals surface area (Å²) >= 11 is 0. The van der Waals surface area contributed by atoms with Crippen molar-refractivity contribution in [2.45, 2.75) is 25.8 Å². The van der Waals surface area contributed by atoms with E-state index in [0.29, 0.717) is 6.04 Å². The second kappa shape index (κ2) is 4.86. The zero-order valence-electron chi connectivity index (χ0n) is 10.5. The van der Waals surface area contributed by atoms with E-state index in [-0.39, 0.29) is 0 Å². The fourth-order valence-electron chi connectivity index (χ4n) is 2.53. The fraction of sp³-hybridized carbons (Fsp3) is 0.462. The first-order valence-corrected chi connectivity index (χ1v) is 6.40. The third kappa shape index (κ3) is 2.01. The van der Waals surface area contributed by atoms with E-state index in [1.54, 1.807) is 6.20 Å². The standard InChI is InChI=1S/C13H17N5/c1-10-16-17-13(12-6-2-3-8-15-12)18(10)11-5-4-7-14-9-11/h2-3,6,8,11,14H,4-5,7,9H2,1H3. The fourth-order valence-corrected chi connectivity index (χ4v) is 2.53. The van der Waals surface area contributed by atoms with Crippen molar-refractivity contribution >= 4 is 0 Å². The summed E-state index contributed by atoms with van der Waals surface area (Å²) in [6.07, 6.45) is 4.17. The summed E-state index contributed by atoms with van der Waals surface area (Å²) in [5.41, 5.74) is 0.892. The van der Waals surface area contributed by atoms with Crippen molar-refractivity contribution in [3.05, 3.63) is 30.2 Å². The van der Waals surface area contributed by atoms with E-state index < -0.39 is 0 Å². The van der Waals surface area contributed by atoms with Crippen LogP contribution in [0.1, 0.15) is 24.7 Å². The van der Waals surface area contributed by atoms with Crippen molar-refractivity contribution in [1.82, 2.24) is 25.1 Å². The van der Waals surface area contributed by atoms with Gasteiger partial charge in [0.15, 0.2) is 5.82 Å². The lowest BCUT2D eigenvalue weighted by molar-refractivity contribution is 0.368. The number of piperidine rings is 1. The third-order valence-corrected chi connectivity index (χ3v) is 3.40. The molecule has 2 aromatic rings. The third-order valence-electron chi connectivity index (χ3n) is 3.40. The molecule has 1 saturated heterocycles. The zero-order valence-corrected chi connectivity index (χ0v) is 10.5. The lowest BCUT2D eigenvalue weighted by Crippen LogP contribution is -2.32. The van der Waals surface area contributed by atoms with Gasteiger partial charge in [-0.25, -0.2) is 0 Å². The molecule has 3 heterocycles. The van der Waals surface area contributed by atoms with Gasteiger partial charge >= 0.3 is 0 Å². The van der Waals surface area contributed by atoms with E-state index in [2.05, 4.69) is 25.1 Å². The molecular weight excluding hydrogens is 226 g/mol. The molecule has 94 valence electrons. The van der Waals surface area contributed by atoms with Crippen molar-refractivity contribution in [3.8, 4) is 11.5 Å². The number of aromatic nitrogens is 4. The Bertz CT molecular complexity index is 513. The smallest absolute Gasteiger partial charge is 0.182 e. The Morgan fingerprint density at radius 2 is 2.28 bits per heavy atom. The van der Waals surface area contributed by atoms with Crippen LogP contribution in [-0.2, 0) is 0 Å². The molecule has 0 saturated carbocycles. The van der Waals surface area contributed by atoms with E-state index in [4.69, 9.17) is 0 Å². The molecule has 0 aliphatic carbocycles. The first-order valence-electron chi connectivity index (χ1n) is 6.40. The highest BCUT2D eigenvalue weighted by molar-refractivity contribution is 5.49.